The number of nitrogens with zero attached hydrogens (tertiary/aromatic N) is 3. The molecule has 148 valence electrons. The third-order valence-electron chi connectivity index (χ3n) is 4.44. The summed E-state index contributed by atoms with van der Waals surface area (Å²) >= 11 is 0. The molecular weight excluding hydrogens is 371 g/mol. The van der Waals surface area contributed by atoms with Gasteiger partial charge in [-0.25, -0.2) is 13.8 Å². The number of hydrogen-bond donors (Lipinski definition) is 0. The van der Waals surface area contributed by atoms with Gasteiger partial charge in [0.1, 0.15) is 0 Å². The lowest BCUT2D eigenvalue weighted by Crippen LogP contribution is -2.10. The molecule has 3 heterocycles. The first kappa shape index (κ1) is 19.9. The summed E-state index contributed by atoms with van der Waals surface area (Å²) in [5.41, 5.74) is 1.77. The van der Waals surface area contributed by atoms with Crippen LogP contribution >= 0.6 is 0 Å². The van der Waals surface area contributed by atoms with Crippen molar-refractivity contribution < 1.29 is 22.7 Å². The highest BCUT2D eigenvalue weighted by Crippen LogP contribution is 2.30. The Kier molecular flexibility index (Phi) is 5.67. The van der Waals surface area contributed by atoms with Gasteiger partial charge in [0.15, 0.2) is 5.78 Å². The van der Waals surface area contributed by atoms with Crippen LogP contribution in [-0.2, 0) is 12.5 Å². The fraction of sp³-hybridized carbons (Fsp3) is 0.350. The molecule has 3 rings (SSSR count). The predicted octanol–water partition coefficient (Wildman–Crippen LogP) is 4.53. The highest BCUT2D eigenvalue weighted by Gasteiger charge is 2.26. The summed E-state index contributed by atoms with van der Waals surface area (Å²) in [6.45, 7) is 0.397. The molecule has 0 aliphatic rings. The minimum atomic E-state index is -3.04. The molecule has 0 atom stereocenters. The second kappa shape index (κ2) is 8.00. The standard InChI is InChI=1S/C20H20F3N3O2/c1-20(22,23)14-9-13(19(28-2)25-10-14)11-26-12-15(17(27)6-3-7-21)18-16(26)5-4-8-24-18/h4-5,8-10,12H,3,6-7,11H2,1-2H3. The molecule has 8 heteroatoms. The molecule has 0 aromatic carbocycles. The monoisotopic (exact) mass is 391 g/mol. The van der Waals surface area contributed by atoms with Crippen molar-refractivity contribution in [1.82, 2.24) is 14.5 Å². The smallest absolute Gasteiger partial charge is 0.272 e. The fourth-order valence-electron chi connectivity index (χ4n) is 3.04. The number of carbonyl (C=O) groups is 1. The third-order valence-corrected chi connectivity index (χ3v) is 4.44. The number of pyridine rings is 2. The quantitative estimate of drug-likeness (QED) is 0.530. The molecule has 0 aliphatic heterocycles. The Bertz CT molecular complexity index is 996. The van der Waals surface area contributed by atoms with Crippen molar-refractivity contribution in [2.45, 2.75) is 32.2 Å². The largest absolute Gasteiger partial charge is 0.481 e. The molecule has 0 unspecified atom stereocenters. The normalized spacial score (nSPS) is 11.8. The van der Waals surface area contributed by atoms with Gasteiger partial charge in [-0.3, -0.25) is 14.2 Å². The Balaban J connectivity index is 2.05. The van der Waals surface area contributed by atoms with E-state index in [1.165, 1.54) is 13.2 Å². The highest BCUT2D eigenvalue weighted by molar-refractivity contribution is 6.06. The number of hydrogen-bond acceptors (Lipinski definition) is 4. The van der Waals surface area contributed by atoms with Crippen LogP contribution in [0.2, 0.25) is 0 Å². The number of aromatic nitrogens is 3. The lowest BCUT2D eigenvalue weighted by atomic mass is 10.1. The Morgan fingerprint density at radius 3 is 2.79 bits per heavy atom. The van der Waals surface area contributed by atoms with E-state index in [9.17, 15) is 18.0 Å². The summed E-state index contributed by atoms with van der Waals surface area (Å²) in [5.74, 6) is -3.02. The maximum absolute atomic E-state index is 13.7. The van der Waals surface area contributed by atoms with Crippen LogP contribution in [0.1, 0.15) is 41.3 Å². The van der Waals surface area contributed by atoms with Crippen molar-refractivity contribution in [3.05, 3.63) is 53.5 Å². The summed E-state index contributed by atoms with van der Waals surface area (Å²) in [7, 11) is 1.41. The topological polar surface area (TPSA) is 57.0 Å². The number of ether oxygens (including phenoxy) is 1. The molecule has 5 nitrogen and oxygen atoms in total. The van der Waals surface area contributed by atoms with Gasteiger partial charge < -0.3 is 9.30 Å². The van der Waals surface area contributed by atoms with E-state index in [0.29, 0.717) is 22.2 Å². The number of rotatable bonds is 8. The average molecular weight is 391 g/mol. The molecule has 0 bridgehead atoms. The number of ketones is 1. The molecule has 0 amide bonds. The average Bonchev–Trinajstić information content (AvgIpc) is 3.04. The Morgan fingerprint density at radius 1 is 1.32 bits per heavy atom. The minimum Gasteiger partial charge on any atom is -0.481 e. The van der Waals surface area contributed by atoms with E-state index in [2.05, 4.69) is 9.97 Å². The molecule has 0 N–H and O–H groups in total. The number of methoxy groups -OCH3 is 1. The van der Waals surface area contributed by atoms with Crippen LogP contribution in [0.5, 0.6) is 5.88 Å². The van der Waals surface area contributed by atoms with Crippen LogP contribution < -0.4 is 4.74 Å². The van der Waals surface area contributed by atoms with Crippen molar-refractivity contribution in [3.63, 3.8) is 0 Å². The molecule has 0 aliphatic carbocycles. The van der Waals surface area contributed by atoms with Crippen LogP contribution in [0, 0.1) is 0 Å². The number of fused-ring (bicyclic) bond motifs is 1. The van der Waals surface area contributed by atoms with Crippen LogP contribution in [-0.4, -0.2) is 34.1 Å². The summed E-state index contributed by atoms with van der Waals surface area (Å²) < 4.78 is 46.8. The SMILES string of the molecule is COc1ncc(C(C)(F)F)cc1Cn1cc(C(=O)CCCF)c2ncccc21. The fourth-order valence-corrected chi connectivity index (χ4v) is 3.04. The zero-order valence-electron chi connectivity index (χ0n) is 15.6. The third kappa shape index (κ3) is 4.00. The first-order chi connectivity index (χ1) is 13.3. The molecule has 3 aromatic rings. The first-order valence-corrected chi connectivity index (χ1v) is 8.79. The summed E-state index contributed by atoms with van der Waals surface area (Å²) in [6, 6.07) is 4.85. The van der Waals surface area contributed by atoms with E-state index in [1.54, 1.807) is 29.1 Å². The van der Waals surface area contributed by atoms with E-state index < -0.39 is 12.6 Å². The van der Waals surface area contributed by atoms with Gasteiger partial charge in [0.2, 0.25) is 5.88 Å². The molecule has 0 saturated carbocycles. The first-order valence-electron chi connectivity index (χ1n) is 8.79. The van der Waals surface area contributed by atoms with Gasteiger partial charge in [-0.1, -0.05) is 0 Å². The van der Waals surface area contributed by atoms with Crippen molar-refractivity contribution in [2.75, 3.05) is 13.8 Å². The number of Topliss-reactive ketones (excluding diaryl/α,β-unsaturated/α-hetero) is 1. The summed E-state index contributed by atoms with van der Waals surface area (Å²) in [6.07, 6.45) is 4.50. The summed E-state index contributed by atoms with van der Waals surface area (Å²) in [5, 5.41) is 0. The van der Waals surface area contributed by atoms with Crippen molar-refractivity contribution in [2.24, 2.45) is 0 Å². The van der Waals surface area contributed by atoms with Gasteiger partial charge in [-0.2, -0.15) is 0 Å². The second-order valence-electron chi connectivity index (χ2n) is 6.54. The zero-order chi connectivity index (χ0) is 20.3. The van der Waals surface area contributed by atoms with Gasteiger partial charge in [-0.15, -0.1) is 0 Å². The molecule has 0 fully saturated rings. The predicted molar refractivity (Wildman–Crippen MR) is 98.7 cm³/mol. The maximum atomic E-state index is 13.7. The molecule has 0 spiro atoms. The number of carbonyl (C=O) groups excluding carboxylic acids is 1. The molecule has 0 saturated heterocycles. The maximum Gasteiger partial charge on any atom is 0.272 e. The Hall–Kier alpha value is -2.90. The lowest BCUT2D eigenvalue weighted by molar-refractivity contribution is 0.0169. The van der Waals surface area contributed by atoms with E-state index in [-0.39, 0.29) is 36.6 Å². The molecule has 0 radical (unpaired) electrons. The van der Waals surface area contributed by atoms with E-state index in [4.69, 9.17) is 4.74 Å². The lowest BCUT2D eigenvalue weighted by Gasteiger charge is -2.14. The molecular formula is C20H20F3N3O2. The second-order valence-corrected chi connectivity index (χ2v) is 6.54. The van der Waals surface area contributed by atoms with E-state index in [0.717, 1.165) is 13.1 Å². The van der Waals surface area contributed by atoms with Gasteiger partial charge in [0, 0.05) is 43.1 Å². The van der Waals surface area contributed by atoms with Gasteiger partial charge in [0.25, 0.3) is 5.92 Å². The number of alkyl halides is 3. The van der Waals surface area contributed by atoms with Crippen LogP contribution in [0.15, 0.2) is 36.8 Å². The van der Waals surface area contributed by atoms with Crippen molar-refractivity contribution in [3.8, 4) is 5.88 Å². The van der Waals surface area contributed by atoms with Crippen molar-refractivity contribution >= 4 is 16.8 Å². The van der Waals surface area contributed by atoms with Crippen LogP contribution in [0.25, 0.3) is 11.0 Å². The van der Waals surface area contributed by atoms with Gasteiger partial charge >= 0.3 is 0 Å². The zero-order valence-corrected chi connectivity index (χ0v) is 15.6. The number of halogens is 3. The minimum absolute atomic E-state index is 0.0780. The Labute approximate surface area is 160 Å². The molecule has 3 aromatic heterocycles. The van der Waals surface area contributed by atoms with Crippen LogP contribution in [0.3, 0.4) is 0 Å². The van der Waals surface area contributed by atoms with Crippen molar-refractivity contribution in [1.29, 1.82) is 0 Å². The van der Waals surface area contributed by atoms with Gasteiger partial charge in [0.05, 0.1) is 36.9 Å². The summed E-state index contributed by atoms with van der Waals surface area (Å²) in [4.78, 5) is 20.7. The Morgan fingerprint density at radius 2 is 2.11 bits per heavy atom. The van der Waals surface area contributed by atoms with Gasteiger partial charge in [-0.05, 0) is 24.6 Å². The highest BCUT2D eigenvalue weighted by atomic mass is 19.3. The van der Waals surface area contributed by atoms with E-state index in [1.807, 2.05) is 0 Å². The molecule has 28 heavy (non-hydrogen) atoms. The van der Waals surface area contributed by atoms with E-state index >= 15 is 0 Å². The van der Waals surface area contributed by atoms with Crippen LogP contribution in [0.4, 0.5) is 13.2 Å².